The highest BCUT2D eigenvalue weighted by atomic mass is 16.5. The van der Waals surface area contributed by atoms with Crippen molar-refractivity contribution in [2.75, 3.05) is 34.4 Å². The molecule has 3 heterocycles. The highest BCUT2D eigenvalue weighted by Gasteiger charge is 2.35. The predicted molar refractivity (Wildman–Crippen MR) is 125 cm³/mol. The smallest absolute Gasteiger partial charge is 0.281 e. The molecule has 0 spiro atoms. The Hall–Kier alpha value is -4.08. The van der Waals surface area contributed by atoms with Crippen LogP contribution in [0.2, 0.25) is 0 Å². The molecule has 0 atom stereocenters. The fraction of sp³-hybridized carbons (Fsp3) is 0.304. The van der Waals surface area contributed by atoms with Gasteiger partial charge in [-0.25, -0.2) is 0 Å². The second-order valence-corrected chi connectivity index (χ2v) is 8.65. The Balaban J connectivity index is 1.38. The van der Waals surface area contributed by atoms with Crippen LogP contribution in [0.25, 0.3) is 0 Å². The maximum absolute atomic E-state index is 13.2. The van der Waals surface area contributed by atoms with Crippen molar-refractivity contribution < 1.29 is 14.3 Å². The lowest BCUT2D eigenvalue weighted by Crippen LogP contribution is -2.45. The molecule has 10 heteroatoms. The molecule has 0 aliphatic carbocycles. The number of fused-ring (bicyclic) bond motifs is 1. The van der Waals surface area contributed by atoms with E-state index < -0.39 is 11.5 Å². The topological polar surface area (TPSA) is 127 Å². The Bertz CT molecular complexity index is 1230. The standard InChI is InChI=1S/C23H25N7O3/c1-23(2)20(32)26-17-13-14(5-10-18(17)33-23)19(31)30-22(27-21(24)28-30)25-15-6-8-16(9-7-15)29-11-3-4-12-29/h5-10,13H,3-4,11-12H2,1-2H3,(H,26,32)(H3,24,25,27,28). The largest absolute Gasteiger partial charge is 0.476 e. The van der Waals surface area contributed by atoms with Gasteiger partial charge >= 0.3 is 0 Å². The molecule has 33 heavy (non-hydrogen) atoms. The number of nitrogens with two attached hydrogens (primary N) is 1. The molecule has 2 aromatic carbocycles. The number of anilines is 5. The van der Waals surface area contributed by atoms with E-state index in [1.165, 1.54) is 12.8 Å². The number of benzene rings is 2. The molecule has 0 radical (unpaired) electrons. The lowest BCUT2D eigenvalue weighted by atomic mass is 10.0. The van der Waals surface area contributed by atoms with Crippen LogP contribution in [0, 0.1) is 0 Å². The number of rotatable bonds is 4. The van der Waals surface area contributed by atoms with Gasteiger partial charge in [-0.1, -0.05) is 0 Å². The molecule has 170 valence electrons. The summed E-state index contributed by atoms with van der Waals surface area (Å²) in [5.41, 5.74) is 7.45. The van der Waals surface area contributed by atoms with Crippen molar-refractivity contribution in [3.8, 4) is 5.75 Å². The average Bonchev–Trinajstić information content (AvgIpc) is 3.44. The number of carbonyl (C=O) groups is 2. The molecule has 1 amide bonds. The molecule has 1 aromatic heterocycles. The normalized spacial score (nSPS) is 16.7. The van der Waals surface area contributed by atoms with E-state index in [1.807, 2.05) is 24.3 Å². The number of aromatic nitrogens is 3. The second-order valence-electron chi connectivity index (χ2n) is 8.65. The fourth-order valence-corrected chi connectivity index (χ4v) is 3.98. The van der Waals surface area contributed by atoms with Crippen molar-refractivity contribution in [1.29, 1.82) is 0 Å². The van der Waals surface area contributed by atoms with E-state index in [-0.39, 0.29) is 17.8 Å². The Morgan fingerprint density at radius 2 is 1.88 bits per heavy atom. The van der Waals surface area contributed by atoms with E-state index >= 15 is 0 Å². The van der Waals surface area contributed by atoms with Crippen LogP contribution in [-0.2, 0) is 4.79 Å². The van der Waals surface area contributed by atoms with Gasteiger partial charge in [-0.15, -0.1) is 5.10 Å². The summed E-state index contributed by atoms with van der Waals surface area (Å²) in [4.78, 5) is 31.9. The van der Waals surface area contributed by atoms with Crippen LogP contribution in [-0.4, -0.2) is 45.3 Å². The number of hydrogen-bond acceptors (Lipinski definition) is 8. The molecule has 2 aliphatic rings. The lowest BCUT2D eigenvalue weighted by molar-refractivity contribution is -0.129. The second kappa shape index (κ2) is 7.80. The number of hydrogen-bond donors (Lipinski definition) is 3. The maximum Gasteiger partial charge on any atom is 0.281 e. The molecular weight excluding hydrogens is 422 g/mol. The van der Waals surface area contributed by atoms with E-state index in [1.54, 1.807) is 32.0 Å². The third-order valence-corrected chi connectivity index (χ3v) is 5.80. The summed E-state index contributed by atoms with van der Waals surface area (Å²) in [6.07, 6.45) is 2.42. The molecule has 0 saturated carbocycles. The quantitative estimate of drug-likeness (QED) is 0.557. The van der Waals surface area contributed by atoms with Crippen molar-refractivity contribution >= 4 is 40.8 Å². The summed E-state index contributed by atoms with van der Waals surface area (Å²) in [6, 6.07) is 12.7. The van der Waals surface area contributed by atoms with E-state index in [4.69, 9.17) is 10.5 Å². The van der Waals surface area contributed by atoms with Crippen molar-refractivity contribution in [3.63, 3.8) is 0 Å². The third kappa shape index (κ3) is 3.95. The van der Waals surface area contributed by atoms with Crippen LogP contribution in [0.5, 0.6) is 5.75 Å². The molecule has 0 bridgehead atoms. The SMILES string of the molecule is CC1(C)Oc2ccc(C(=O)n3nc(N)nc3Nc3ccc(N4CCCC4)cc3)cc2NC1=O. The van der Waals surface area contributed by atoms with Crippen molar-refractivity contribution in [3.05, 3.63) is 48.0 Å². The van der Waals surface area contributed by atoms with Crippen molar-refractivity contribution in [2.45, 2.75) is 32.3 Å². The number of nitrogen functional groups attached to an aromatic ring is 1. The summed E-state index contributed by atoms with van der Waals surface area (Å²) >= 11 is 0. The Morgan fingerprint density at radius 1 is 1.15 bits per heavy atom. The van der Waals surface area contributed by atoms with Gasteiger partial charge in [0.2, 0.25) is 11.9 Å². The van der Waals surface area contributed by atoms with Crippen LogP contribution >= 0.6 is 0 Å². The van der Waals surface area contributed by atoms with Crippen LogP contribution < -0.4 is 26.0 Å². The Morgan fingerprint density at radius 3 is 2.61 bits per heavy atom. The zero-order chi connectivity index (χ0) is 23.2. The van der Waals surface area contributed by atoms with Gasteiger partial charge in [-0.05, 0) is 69.2 Å². The van der Waals surface area contributed by atoms with Crippen molar-refractivity contribution in [1.82, 2.24) is 14.8 Å². The minimum absolute atomic E-state index is 0.0316. The highest BCUT2D eigenvalue weighted by Crippen LogP contribution is 2.34. The predicted octanol–water partition coefficient (Wildman–Crippen LogP) is 3.00. The van der Waals surface area contributed by atoms with E-state index in [0.29, 0.717) is 17.0 Å². The van der Waals surface area contributed by atoms with Crippen LogP contribution in [0.15, 0.2) is 42.5 Å². The first kappa shape index (κ1) is 20.8. The first-order valence-electron chi connectivity index (χ1n) is 10.8. The molecule has 1 saturated heterocycles. The molecule has 1 fully saturated rings. The average molecular weight is 447 g/mol. The van der Waals surface area contributed by atoms with Gasteiger partial charge in [0, 0.05) is 30.0 Å². The number of carbonyl (C=O) groups excluding carboxylic acids is 2. The third-order valence-electron chi connectivity index (χ3n) is 5.80. The zero-order valence-electron chi connectivity index (χ0n) is 18.5. The molecule has 4 N–H and O–H groups in total. The number of amides is 1. The number of nitrogens with one attached hydrogen (secondary N) is 2. The Labute approximate surface area is 190 Å². The van der Waals surface area contributed by atoms with Gasteiger partial charge in [0.1, 0.15) is 5.75 Å². The first-order valence-corrected chi connectivity index (χ1v) is 10.8. The first-order chi connectivity index (χ1) is 15.8. The van der Waals surface area contributed by atoms with Gasteiger partial charge in [-0.3, -0.25) is 9.59 Å². The molecule has 0 unspecified atom stereocenters. The van der Waals surface area contributed by atoms with Crippen LogP contribution in [0.1, 0.15) is 37.0 Å². The monoisotopic (exact) mass is 447 g/mol. The van der Waals surface area contributed by atoms with Crippen molar-refractivity contribution in [2.24, 2.45) is 0 Å². The molecule has 10 nitrogen and oxygen atoms in total. The summed E-state index contributed by atoms with van der Waals surface area (Å²) in [5.74, 6) is -0.0752. The minimum atomic E-state index is -0.986. The number of nitrogens with zero attached hydrogens (tertiary/aromatic N) is 4. The summed E-state index contributed by atoms with van der Waals surface area (Å²) in [7, 11) is 0. The van der Waals surface area contributed by atoms with Gasteiger partial charge < -0.3 is 26.0 Å². The highest BCUT2D eigenvalue weighted by molar-refractivity contribution is 6.03. The van der Waals surface area contributed by atoms with Gasteiger partial charge in [0.05, 0.1) is 5.69 Å². The van der Waals surface area contributed by atoms with Gasteiger partial charge in [0.15, 0.2) is 5.60 Å². The zero-order valence-corrected chi connectivity index (χ0v) is 18.5. The van der Waals surface area contributed by atoms with Crippen LogP contribution in [0.4, 0.5) is 29.0 Å². The van der Waals surface area contributed by atoms with Gasteiger partial charge in [0.25, 0.3) is 11.8 Å². The molecule has 2 aliphatic heterocycles. The van der Waals surface area contributed by atoms with Gasteiger partial charge in [-0.2, -0.15) is 9.67 Å². The fourth-order valence-electron chi connectivity index (χ4n) is 3.98. The maximum atomic E-state index is 13.2. The van der Waals surface area contributed by atoms with E-state index in [0.717, 1.165) is 29.1 Å². The Kier molecular flexibility index (Phi) is 4.92. The molecule has 3 aromatic rings. The summed E-state index contributed by atoms with van der Waals surface area (Å²) in [5, 5.41) is 9.95. The van der Waals surface area contributed by atoms with Crippen LogP contribution in [0.3, 0.4) is 0 Å². The minimum Gasteiger partial charge on any atom is -0.476 e. The summed E-state index contributed by atoms with van der Waals surface area (Å²) in [6.45, 7) is 5.49. The van der Waals surface area contributed by atoms with E-state index in [9.17, 15) is 9.59 Å². The molecular formula is C23H25N7O3. The number of ether oxygens (including phenoxy) is 1. The van der Waals surface area contributed by atoms with E-state index in [2.05, 4.69) is 25.6 Å². The molecule has 5 rings (SSSR count). The lowest BCUT2D eigenvalue weighted by Gasteiger charge is -2.31. The summed E-state index contributed by atoms with van der Waals surface area (Å²) < 4.78 is 6.84.